The third-order valence-corrected chi connectivity index (χ3v) is 6.84. The van der Waals surface area contributed by atoms with Gasteiger partial charge in [0.05, 0.1) is 6.61 Å². The SMILES string of the molecule is CN(C)S(=O)(=O)N1CCN(C[C@H]2CCOc3ccccc3C2)CC1. The summed E-state index contributed by atoms with van der Waals surface area (Å²) in [7, 11) is -0.106. The summed E-state index contributed by atoms with van der Waals surface area (Å²) < 4.78 is 33.1. The fraction of sp³-hybridized carbons (Fsp3) is 0.647. The summed E-state index contributed by atoms with van der Waals surface area (Å²) in [5.41, 5.74) is 1.29. The molecule has 0 N–H and O–H groups in total. The second-order valence-corrected chi connectivity index (χ2v) is 8.95. The average molecular weight is 353 g/mol. The molecule has 6 nitrogen and oxygen atoms in total. The topological polar surface area (TPSA) is 53.1 Å². The summed E-state index contributed by atoms with van der Waals surface area (Å²) >= 11 is 0. The van der Waals surface area contributed by atoms with E-state index in [1.807, 2.05) is 12.1 Å². The summed E-state index contributed by atoms with van der Waals surface area (Å²) in [4.78, 5) is 2.39. The smallest absolute Gasteiger partial charge is 0.281 e. The van der Waals surface area contributed by atoms with Crippen molar-refractivity contribution in [2.75, 3.05) is 53.4 Å². The minimum Gasteiger partial charge on any atom is -0.493 e. The van der Waals surface area contributed by atoms with Crippen molar-refractivity contribution in [2.24, 2.45) is 5.92 Å². The maximum atomic E-state index is 12.2. The standard InChI is InChI=1S/C17H27N3O3S/c1-18(2)24(21,22)20-10-8-19(9-11-20)14-15-7-12-23-17-6-4-3-5-16(17)13-15/h3-6,15H,7-14H2,1-2H3/t15-/m0/s1. The van der Waals surface area contributed by atoms with E-state index >= 15 is 0 Å². The maximum Gasteiger partial charge on any atom is 0.281 e. The lowest BCUT2D eigenvalue weighted by Gasteiger charge is -2.36. The van der Waals surface area contributed by atoms with Crippen LogP contribution in [0.2, 0.25) is 0 Å². The van der Waals surface area contributed by atoms with Crippen molar-refractivity contribution in [3.8, 4) is 5.75 Å². The van der Waals surface area contributed by atoms with Crippen LogP contribution in [0.25, 0.3) is 0 Å². The molecule has 3 rings (SSSR count). The van der Waals surface area contributed by atoms with Crippen molar-refractivity contribution in [1.29, 1.82) is 0 Å². The monoisotopic (exact) mass is 353 g/mol. The van der Waals surface area contributed by atoms with Gasteiger partial charge in [0.25, 0.3) is 10.2 Å². The molecule has 1 aromatic carbocycles. The van der Waals surface area contributed by atoms with E-state index < -0.39 is 10.2 Å². The molecule has 1 atom stereocenters. The molecule has 134 valence electrons. The fourth-order valence-corrected chi connectivity index (χ4v) is 4.54. The average Bonchev–Trinajstić information content (AvgIpc) is 2.77. The van der Waals surface area contributed by atoms with Crippen LogP contribution in [0.5, 0.6) is 5.75 Å². The highest BCUT2D eigenvalue weighted by Crippen LogP contribution is 2.27. The molecule has 0 spiro atoms. The van der Waals surface area contributed by atoms with E-state index in [2.05, 4.69) is 17.0 Å². The summed E-state index contributed by atoms with van der Waals surface area (Å²) in [5.74, 6) is 1.58. The first kappa shape index (κ1) is 17.7. The Bertz CT molecular complexity index is 655. The molecule has 0 unspecified atom stereocenters. The normalized spacial score (nSPS) is 23.5. The van der Waals surface area contributed by atoms with E-state index in [4.69, 9.17) is 4.74 Å². The molecule has 1 saturated heterocycles. The molecule has 0 amide bonds. The predicted molar refractivity (Wildman–Crippen MR) is 94.4 cm³/mol. The predicted octanol–water partition coefficient (Wildman–Crippen LogP) is 1.05. The first-order chi connectivity index (χ1) is 11.5. The Balaban J connectivity index is 1.55. The highest BCUT2D eigenvalue weighted by Gasteiger charge is 2.29. The molecule has 0 saturated carbocycles. The second-order valence-electron chi connectivity index (χ2n) is 6.80. The first-order valence-electron chi connectivity index (χ1n) is 8.57. The lowest BCUT2D eigenvalue weighted by molar-refractivity contribution is 0.153. The number of fused-ring (bicyclic) bond motifs is 1. The largest absolute Gasteiger partial charge is 0.493 e. The molecule has 0 aliphatic carbocycles. The molecule has 24 heavy (non-hydrogen) atoms. The fourth-order valence-electron chi connectivity index (χ4n) is 3.46. The Morgan fingerprint density at radius 2 is 1.88 bits per heavy atom. The molecule has 7 heteroatoms. The summed E-state index contributed by atoms with van der Waals surface area (Å²) in [6.07, 6.45) is 2.08. The number of para-hydroxylation sites is 1. The van der Waals surface area contributed by atoms with Gasteiger partial charge in [0.15, 0.2) is 0 Å². The Morgan fingerprint density at radius 3 is 2.58 bits per heavy atom. The summed E-state index contributed by atoms with van der Waals surface area (Å²) in [6, 6.07) is 8.27. The van der Waals surface area contributed by atoms with Gasteiger partial charge in [-0.2, -0.15) is 17.0 Å². The molecule has 1 fully saturated rings. The van der Waals surface area contributed by atoms with Crippen molar-refractivity contribution in [3.05, 3.63) is 29.8 Å². The first-order valence-corrected chi connectivity index (χ1v) is 9.97. The molecule has 0 radical (unpaired) electrons. The van der Waals surface area contributed by atoms with E-state index in [1.165, 1.54) is 9.87 Å². The van der Waals surface area contributed by atoms with Gasteiger partial charge in [-0.25, -0.2) is 0 Å². The van der Waals surface area contributed by atoms with Crippen LogP contribution >= 0.6 is 0 Å². The van der Waals surface area contributed by atoms with Crippen LogP contribution in [0.1, 0.15) is 12.0 Å². The van der Waals surface area contributed by atoms with Crippen LogP contribution in [0, 0.1) is 5.92 Å². The van der Waals surface area contributed by atoms with Crippen molar-refractivity contribution >= 4 is 10.2 Å². The molecule has 2 aliphatic heterocycles. The quantitative estimate of drug-likeness (QED) is 0.812. The number of hydrogen-bond donors (Lipinski definition) is 0. The lowest BCUT2D eigenvalue weighted by atomic mass is 9.96. The minimum atomic E-state index is -3.28. The van der Waals surface area contributed by atoms with Gasteiger partial charge in [0.2, 0.25) is 0 Å². The van der Waals surface area contributed by atoms with Gasteiger partial charge in [0.1, 0.15) is 5.75 Å². The van der Waals surface area contributed by atoms with Crippen LogP contribution in [0.15, 0.2) is 24.3 Å². The van der Waals surface area contributed by atoms with Gasteiger partial charge >= 0.3 is 0 Å². The van der Waals surface area contributed by atoms with Crippen molar-refractivity contribution in [1.82, 2.24) is 13.5 Å². The zero-order valence-electron chi connectivity index (χ0n) is 14.5. The Hall–Kier alpha value is -1.15. The van der Waals surface area contributed by atoms with E-state index in [0.29, 0.717) is 19.0 Å². The molecule has 2 aliphatic rings. The Kier molecular flexibility index (Phi) is 5.44. The van der Waals surface area contributed by atoms with E-state index in [0.717, 1.165) is 44.8 Å². The van der Waals surface area contributed by atoms with Crippen LogP contribution in [-0.2, 0) is 16.6 Å². The highest BCUT2D eigenvalue weighted by molar-refractivity contribution is 7.86. The van der Waals surface area contributed by atoms with Crippen molar-refractivity contribution in [2.45, 2.75) is 12.8 Å². The maximum absolute atomic E-state index is 12.2. The molecular weight excluding hydrogens is 326 g/mol. The van der Waals surface area contributed by atoms with Gasteiger partial charge in [-0.1, -0.05) is 18.2 Å². The van der Waals surface area contributed by atoms with Crippen LogP contribution < -0.4 is 4.74 Å². The highest BCUT2D eigenvalue weighted by atomic mass is 32.2. The van der Waals surface area contributed by atoms with Gasteiger partial charge in [-0.3, -0.25) is 0 Å². The van der Waals surface area contributed by atoms with Gasteiger partial charge < -0.3 is 9.64 Å². The van der Waals surface area contributed by atoms with Gasteiger partial charge in [-0.05, 0) is 30.4 Å². The Morgan fingerprint density at radius 1 is 1.17 bits per heavy atom. The number of hydrogen-bond acceptors (Lipinski definition) is 4. The third kappa shape index (κ3) is 3.91. The zero-order chi connectivity index (χ0) is 17.2. The number of rotatable bonds is 4. The Labute approximate surface area is 145 Å². The molecule has 1 aromatic rings. The van der Waals surface area contributed by atoms with Gasteiger partial charge in [-0.15, -0.1) is 0 Å². The van der Waals surface area contributed by atoms with Gasteiger partial charge in [0, 0.05) is 46.8 Å². The van der Waals surface area contributed by atoms with Crippen LogP contribution in [0.3, 0.4) is 0 Å². The van der Waals surface area contributed by atoms with E-state index in [1.54, 1.807) is 18.4 Å². The number of ether oxygens (including phenoxy) is 1. The van der Waals surface area contributed by atoms with Crippen LogP contribution in [0.4, 0.5) is 0 Å². The number of benzene rings is 1. The molecule has 0 aromatic heterocycles. The van der Waals surface area contributed by atoms with Crippen molar-refractivity contribution in [3.63, 3.8) is 0 Å². The van der Waals surface area contributed by atoms with E-state index in [-0.39, 0.29) is 0 Å². The molecular formula is C17H27N3O3S. The number of nitrogens with zero attached hydrogens (tertiary/aromatic N) is 3. The van der Waals surface area contributed by atoms with Crippen molar-refractivity contribution < 1.29 is 13.2 Å². The lowest BCUT2D eigenvalue weighted by Crippen LogP contribution is -2.52. The zero-order valence-corrected chi connectivity index (χ0v) is 15.3. The summed E-state index contributed by atoms with van der Waals surface area (Å²) in [5, 5.41) is 0. The minimum absolute atomic E-state index is 0.561. The van der Waals surface area contributed by atoms with E-state index in [9.17, 15) is 8.42 Å². The van der Waals surface area contributed by atoms with Crippen LogP contribution in [-0.4, -0.2) is 75.4 Å². The number of piperazine rings is 1. The molecule has 2 heterocycles. The summed E-state index contributed by atoms with van der Waals surface area (Å²) in [6.45, 7) is 4.50. The third-order valence-electron chi connectivity index (χ3n) is 4.90. The molecule has 0 bridgehead atoms. The second kappa shape index (κ2) is 7.39.